The summed E-state index contributed by atoms with van der Waals surface area (Å²) in [6, 6.07) is 11.4. The summed E-state index contributed by atoms with van der Waals surface area (Å²) in [4.78, 5) is 28.0. The van der Waals surface area contributed by atoms with Gasteiger partial charge in [-0.2, -0.15) is 0 Å². The van der Waals surface area contributed by atoms with Crippen LogP contribution < -0.4 is 4.90 Å². The lowest BCUT2D eigenvalue weighted by Crippen LogP contribution is -2.32. The minimum atomic E-state index is -0.250. The predicted octanol–water partition coefficient (Wildman–Crippen LogP) is 5.27. The Morgan fingerprint density at radius 2 is 1.48 bits per heavy atom. The highest BCUT2D eigenvalue weighted by atomic mass is 16.5. The van der Waals surface area contributed by atoms with Crippen molar-refractivity contribution in [3.8, 4) is 0 Å². The molecule has 0 radical (unpaired) electrons. The van der Waals surface area contributed by atoms with Crippen LogP contribution in [0.5, 0.6) is 0 Å². The SMILES string of the molecule is CCOCc1cccc2c1C(=O)N(c1c(C(C)C)cccc1C(C)C)C2=O. The zero-order chi connectivity index (χ0) is 19.7. The highest BCUT2D eigenvalue weighted by molar-refractivity contribution is 6.35. The van der Waals surface area contributed by atoms with Crippen molar-refractivity contribution in [2.75, 3.05) is 11.5 Å². The summed E-state index contributed by atoms with van der Waals surface area (Å²) in [5.41, 5.74) is 4.48. The first kappa shape index (κ1) is 19.3. The van der Waals surface area contributed by atoms with Gasteiger partial charge in [-0.05, 0) is 41.5 Å². The third-order valence-electron chi connectivity index (χ3n) is 5.03. The first-order chi connectivity index (χ1) is 12.9. The minimum Gasteiger partial charge on any atom is -0.377 e. The number of amides is 2. The van der Waals surface area contributed by atoms with E-state index >= 15 is 0 Å². The number of hydrogen-bond acceptors (Lipinski definition) is 3. The topological polar surface area (TPSA) is 46.6 Å². The van der Waals surface area contributed by atoms with Gasteiger partial charge in [0.2, 0.25) is 0 Å². The maximum atomic E-state index is 13.4. The number of para-hydroxylation sites is 1. The smallest absolute Gasteiger partial charge is 0.266 e. The average molecular weight is 365 g/mol. The van der Waals surface area contributed by atoms with E-state index in [1.165, 1.54) is 4.90 Å². The maximum Gasteiger partial charge on any atom is 0.266 e. The lowest BCUT2D eigenvalue weighted by Gasteiger charge is -2.25. The number of imide groups is 1. The molecule has 0 unspecified atom stereocenters. The second-order valence-corrected chi connectivity index (χ2v) is 7.52. The second-order valence-electron chi connectivity index (χ2n) is 7.52. The molecule has 4 nitrogen and oxygen atoms in total. The summed E-state index contributed by atoms with van der Waals surface area (Å²) >= 11 is 0. The van der Waals surface area contributed by atoms with Crippen molar-refractivity contribution < 1.29 is 14.3 Å². The summed E-state index contributed by atoms with van der Waals surface area (Å²) < 4.78 is 5.51. The van der Waals surface area contributed by atoms with Crippen LogP contribution >= 0.6 is 0 Å². The van der Waals surface area contributed by atoms with Gasteiger partial charge in [0.25, 0.3) is 11.8 Å². The van der Waals surface area contributed by atoms with Gasteiger partial charge in [-0.25, -0.2) is 4.90 Å². The first-order valence-electron chi connectivity index (χ1n) is 9.59. The number of fused-ring (bicyclic) bond motifs is 1. The van der Waals surface area contributed by atoms with Gasteiger partial charge < -0.3 is 4.74 Å². The van der Waals surface area contributed by atoms with Crippen molar-refractivity contribution in [3.63, 3.8) is 0 Å². The lowest BCUT2D eigenvalue weighted by atomic mass is 9.92. The number of anilines is 1. The van der Waals surface area contributed by atoms with E-state index < -0.39 is 0 Å². The molecular weight excluding hydrogens is 338 g/mol. The Bertz CT molecular complexity index is 857. The number of carbonyl (C=O) groups excluding carboxylic acids is 2. The molecule has 0 spiro atoms. The third-order valence-corrected chi connectivity index (χ3v) is 5.03. The number of carbonyl (C=O) groups is 2. The molecular formula is C23H27NO3. The molecule has 0 saturated carbocycles. The van der Waals surface area contributed by atoms with Crippen molar-refractivity contribution in [2.45, 2.75) is 53.1 Å². The van der Waals surface area contributed by atoms with Crippen LogP contribution in [0.4, 0.5) is 5.69 Å². The van der Waals surface area contributed by atoms with Crippen molar-refractivity contribution >= 4 is 17.5 Å². The summed E-state index contributed by atoms with van der Waals surface area (Å²) in [6.45, 7) is 11.1. The van der Waals surface area contributed by atoms with Crippen LogP contribution in [-0.2, 0) is 11.3 Å². The van der Waals surface area contributed by atoms with E-state index in [1.807, 2.05) is 37.3 Å². The van der Waals surface area contributed by atoms with Crippen molar-refractivity contribution in [1.29, 1.82) is 0 Å². The van der Waals surface area contributed by atoms with Crippen LogP contribution in [-0.4, -0.2) is 18.4 Å². The molecule has 0 atom stereocenters. The largest absolute Gasteiger partial charge is 0.377 e. The van der Waals surface area contributed by atoms with Crippen LogP contribution in [0.2, 0.25) is 0 Å². The number of benzene rings is 2. The quantitative estimate of drug-likeness (QED) is 0.655. The molecule has 2 amide bonds. The van der Waals surface area contributed by atoms with E-state index in [-0.39, 0.29) is 23.7 Å². The van der Waals surface area contributed by atoms with Gasteiger partial charge in [0, 0.05) is 6.61 Å². The molecule has 2 aromatic carbocycles. The highest BCUT2D eigenvalue weighted by Crippen LogP contribution is 2.40. The van der Waals surface area contributed by atoms with Crippen LogP contribution in [0.15, 0.2) is 36.4 Å². The number of hydrogen-bond donors (Lipinski definition) is 0. The van der Waals surface area contributed by atoms with E-state index in [9.17, 15) is 9.59 Å². The molecule has 1 heterocycles. The fraction of sp³-hybridized carbons (Fsp3) is 0.391. The normalized spacial score (nSPS) is 13.8. The zero-order valence-electron chi connectivity index (χ0n) is 16.7. The zero-order valence-corrected chi connectivity index (χ0v) is 16.7. The minimum absolute atomic E-state index is 0.200. The van der Waals surface area contributed by atoms with Gasteiger partial charge in [-0.15, -0.1) is 0 Å². The molecule has 0 aromatic heterocycles. The number of rotatable bonds is 6. The molecule has 0 saturated heterocycles. The molecule has 1 aliphatic heterocycles. The Morgan fingerprint density at radius 1 is 0.889 bits per heavy atom. The highest BCUT2D eigenvalue weighted by Gasteiger charge is 2.40. The van der Waals surface area contributed by atoms with Gasteiger partial charge in [-0.1, -0.05) is 58.0 Å². The average Bonchev–Trinajstić information content (AvgIpc) is 2.90. The van der Waals surface area contributed by atoms with E-state index in [0.29, 0.717) is 24.3 Å². The molecule has 0 N–H and O–H groups in total. The van der Waals surface area contributed by atoms with Crippen LogP contribution in [0.3, 0.4) is 0 Å². The van der Waals surface area contributed by atoms with Crippen molar-refractivity contribution in [2.24, 2.45) is 0 Å². The van der Waals surface area contributed by atoms with Crippen LogP contribution in [0, 0.1) is 0 Å². The lowest BCUT2D eigenvalue weighted by molar-refractivity contribution is 0.0922. The van der Waals surface area contributed by atoms with Gasteiger partial charge in [0.05, 0.1) is 23.4 Å². The van der Waals surface area contributed by atoms with E-state index in [1.54, 1.807) is 6.07 Å². The Balaban J connectivity index is 2.18. The fourth-order valence-corrected chi connectivity index (χ4v) is 3.66. The Morgan fingerprint density at radius 3 is 2.04 bits per heavy atom. The van der Waals surface area contributed by atoms with Crippen molar-refractivity contribution in [1.82, 2.24) is 0 Å². The molecule has 2 aromatic rings. The van der Waals surface area contributed by atoms with Gasteiger partial charge in [0.15, 0.2) is 0 Å². The molecule has 0 bridgehead atoms. The fourth-order valence-electron chi connectivity index (χ4n) is 3.66. The van der Waals surface area contributed by atoms with Crippen LogP contribution in [0.1, 0.15) is 83.9 Å². The predicted molar refractivity (Wildman–Crippen MR) is 108 cm³/mol. The van der Waals surface area contributed by atoms with Gasteiger partial charge in [-0.3, -0.25) is 9.59 Å². The molecule has 1 aliphatic rings. The standard InChI is InChI=1S/C23H27NO3/c1-6-27-13-16-9-7-12-19-20(16)23(26)24(22(19)25)21-17(14(2)3)10-8-11-18(21)15(4)5/h7-12,14-15H,6,13H2,1-5H3. The van der Waals surface area contributed by atoms with Gasteiger partial charge >= 0.3 is 0 Å². The third kappa shape index (κ3) is 3.30. The number of ether oxygens (including phenoxy) is 1. The van der Waals surface area contributed by atoms with E-state index in [2.05, 4.69) is 27.7 Å². The summed E-state index contributed by atoms with van der Waals surface area (Å²) in [5, 5.41) is 0. The monoisotopic (exact) mass is 365 g/mol. The maximum absolute atomic E-state index is 13.4. The molecule has 27 heavy (non-hydrogen) atoms. The van der Waals surface area contributed by atoms with Gasteiger partial charge in [0.1, 0.15) is 0 Å². The summed E-state index contributed by atoms with van der Waals surface area (Å²) in [5.74, 6) is -0.0968. The molecule has 0 fully saturated rings. The molecule has 142 valence electrons. The Kier molecular flexibility index (Phi) is 5.47. The second kappa shape index (κ2) is 7.65. The Hall–Kier alpha value is -2.46. The summed E-state index contributed by atoms with van der Waals surface area (Å²) in [6.07, 6.45) is 0. The Labute approximate surface area is 161 Å². The summed E-state index contributed by atoms with van der Waals surface area (Å²) in [7, 11) is 0. The number of nitrogens with zero attached hydrogens (tertiary/aromatic N) is 1. The molecule has 0 aliphatic carbocycles. The molecule has 4 heteroatoms. The van der Waals surface area contributed by atoms with Crippen molar-refractivity contribution in [3.05, 3.63) is 64.2 Å². The van der Waals surface area contributed by atoms with E-state index in [0.717, 1.165) is 22.4 Å². The first-order valence-corrected chi connectivity index (χ1v) is 9.59. The van der Waals surface area contributed by atoms with E-state index in [4.69, 9.17) is 4.74 Å². The van der Waals surface area contributed by atoms with Crippen LogP contribution in [0.25, 0.3) is 0 Å². The molecule has 3 rings (SSSR count).